The number of anilines is 1. The number of nitrogens with zero attached hydrogens (tertiary/aromatic N) is 5. The predicted molar refractivity (Wildman–Crippen MR) is 157 cm³/mol. The lowest BCUT2D eigenvalue weighted by Crippen LogP contribution is -2.58. The Balaban J connectivity index is 1.31. The number of fused-ring (bicyclic) bond motifs is 4. The Bertz CT molecular complexity index is 1760. The van der Waals surface area contributed by atoms with Gasteiger partial charge in [-0.1, -0.05) is 30.3 Å². The molecule has 1 aliphatic carbocycles. The average molecular weight is 575 g/mol. The lowest BCUT2D eigenvalue weighted by molar-refractivity contribution is -0.134. The molecule has 214 valence electrons. The molecule has 3 aliphatic rings. The summed E-state index contributed by atoms with van der Waals surface area (Å²) >= 11 is 0. The van der Waals surface area contributed by atoms with E-state index >= 15 is 0 Å². The first-order valence-electron chi connectivity index (χ1n) is 14.0. The van der Waals surface area contributed by atoms with Crippen LogP contribution in [0.1, 0.15) is 31.2 Å². The van der Waals surface area contributed by atoms with Crippen LogP contribution in [0, 0.1) is 5.41 Å². The number of benzene rings is 1. The number of ether oxygens (including phenoxy) is 1. The largest absolute Gasteiger partial charge is 0.384 e. The molecule has 41 heavy (non-hydrogen) atoms. The van der Waals surface area contributed by atoms with Crippen LogP contribution in [0.3, 0.4) is 0 Å². The van der Waals surface area contributed by atoms with Gasteiger partial charge in [0.15, 0.2) is 0 Å². The molecule has 2 spiro atoms. The highest BCUT2D eigenvalue weighted by Crippen LogP contribution is 2.66. The molecule has 0 atom stereocenters. The van der Waals surface area contributed by atoms with Gasteiger partial charge < -0.3 is 14.6 Å². The molecule has 1 saturated heterocycles. The molecule has 5 heterocycles. The van der Waals surface area contributed by atoms with Gasteiger partial charge >= 0.3 is 0 Å². The number of hydrogen-bond acceptors (Lipinski definition) is 6. The zero-order valence-electron chi connectivity index (χ0n) is 23.6. The van der Waals surface area contributed by atoms with Crippen molar-refractivity contribution in [2.75, 3.05) is 44.5 Å². The van der Waals surface area contributed by atoms with Gasteiger partial charge in [-0.15, -0.1) is 0 Å². The molecule has 0 unspecified atom stereocenters. The third-order valence-electron chi connectivity index (χ3n) is 9.49. The minimum Gasteiger partial charge on any atom is -0.384 e. The summed E-state index contributed by atoms with van der Waals surface area (Å²) in [7, 11) is 1.91. The minimum absolute atomic E-state index is 0.00288. The van der Waals surface area contributed by atoms with Crippen LogP contribution in [-0.2, 0) is 32.0 Å². The van der Waals surface area contributed by atoms with Crippen LogP contribution in [0.25, 0.3) is 33.4 Å². The lowest BCUT2D eigenvalue weighted by Gasteiger charge is -2.57. The van der Waals surface area contributed by atoms with E-state index in [9.17, 15) is 13.2 Å². The van der Waals surface area contributed by atoms with Crippen molar-refractivity contribution in [2.24, 2.45) is 12.5 Å². The van der Waals surface area contributed by atoms with Gasteiger partial charge in [0, 0.05) is 62.6 Å². The van der Waals surface area contributed by atoms with Gasteiger partial charge in [-0.25, -0.2) is 17.7 Å². The van der Waals surface area contributed by atoms with E-state index in [2.05, 4.69) is 22.2 Å². The second-order valence-electron chi connectivity index (χ2n) is 11.9. The number of H-pyrrole nitrogens is 1. The fourth-order valence-electron chi connectivity index (χ4n) is 7.55. The summed E-state index contributed by atoms with van der Waals surface area (Å²) in [6.45, 7) is 1.15. The summed E-state index contributed by atoms with van der Waals surface area (Å²) in [6, 6.07) is 10.2. The van der Waals surface area contributed by atoms with E-state index in [4.69, 9.17) is 9.72 Å². The normalized spacial score (nSPS) is 19.8. The van der Waals surface area contributed by atoms with E-state index in [-0.39, 0.29) is 23.7 Å². The van der Waals surface area contributed by atoms with Crippen molar-refractivity contribution in [3.05, 3.63) is 54.5 Å². The number of rotatable bonds is 6. The van der Waals surface area contributed by atoms with Crippen molar-refractivity contribution < 1.29 is 17.9 Å². The summed E-state index contributed by atoms with van der Waals surface area (Å²) < 4.78 is 33.9. The van der Waals surface area contributed by atoms with Crippen LogP contribution in [0.15, 0.2) is 48.9 Å². The van der Waals surface area contributed by atoms with E-state index in [1.807, 2.05) is 50.9 Å². The number of aryl methyl sites for hydroxylation is 1. The number of carbonyl (C=O) groups excluding carboxylic acids is 1. The predicted octanol–water partition coefficient (Wildman–Crippen LogP) is 3.70. The number of pyridine rings is 1. The summed E-state index contributed by atoms with van der Waals surface area (Å²) in [5.41, 5.74) is 5.90. The number of nitrogens with one attached hydrogen (secondary N) is 1. The molecular weight excluding hydrogens is 540 g/mol. The van der Waals surface area contributed by atoms with Crippen LogP contribution in [-0.4, -0.2) is 78.0 Å². The number of likely N-dealkylation sites (N-methyl/N-ethyl adjacent to an activating group) is 1. The maximum absolute atomic E-state index is 14.1. The zero-order valence-corrected chi connectivity index (χ0v) is 24.4. The van der Waals surface area contributed by atoms with Crippen molar-refractivity contribution in [1.82, 2.24) is 24.1 Å². The van der Waals surface area contributed by atoms with Gasteiger partial charge in [0.2, 0.25) is 15.9 Å². The Morgan fingerprint density at radius 2 is 1.78 bits per heavy atom. The van der Waals surface area contributed by atoms with Crippen molar-refractivity contribution in [1.29, 1.82) is 0 Å². The molecule has 2 aliphatic heterocycles. The van der Waals surface area contributed by atoms with Gasteiger partial charge in [0.25, 0.3) is 0 Å². The summed E-state index contributed by atoms with van der Waals surface area (Å²) in [4.78, 5) is 24.2. The first kappa shape index (κ1) is 26.4. The number of aromatic nitrogens is 4. The van der Waals surface area contributed by atoms with Crippen LogP contribution >= 0.6 is 0 Å². The topological polar surface area (TPSA) is 113 Å². The van der Waals surface area contributed by atoms with Gasteiger partial charge in [-0.3, -0.25) is 9.48 Å². The molecule has 10 nitrogen and oxygen atoms in total. The average Bonchev–Trinajstić information content (AvgIpc) is 3.62. The molecule has 0 bridgehead atoms. The highest BCUT2D eigenvalue weighted by Gasteiger charge is 2.65. The van der Waals surface area contributed by atoms with Crippen molar-refractivity contribution >= 4 is 32.7 Å². The number of piperidine rings is 1. The Morgan fingerprint density at radius 3 is 2.44 bits per heavy atom. The number of sulfonamides is 1. The third kappa shape index (κ3) is 3.89. The molecular formula is C30H34N6O4S. The molecule has 1 amide bonds. The summed E-state index contributed by atoms with van der Waals surface area (Å²) in [5, 5.41) is 5.39. The third-order valence-corrected chi connectivity index (χ3v) is 11.3. The maximum atomic E-state index is 14.1. The molecule has 2 fully saturated rings. The highest BCUT2D eigenvalue weighted by atomic mass is 32.2. The second kappa shape index (κ2) is 9.23. The molecule has 1 aromatic carbocycles. The fraction of sp³-hybridized carbons (Fsp3) is 0.433. The zero-order chi connectivity index (χ0) is 28.6. The number of methoxy groups -OCH3 is 1. The van der Waals surface area contributed by atoms with Crippen molar-refractivity contribution in [3.63, 3.8) is 0 Å². The lowest BCUT2D eigenvalue weighted by atomic mass is 9.47. The van der Waals surface area contributed by atoms with Gasteiger partial charge in [-0.2, -0.15) is 5.10 Å². The van der Waals surface area contributed by atoms with Gasteiger partial charge in [0.05, 0.1) is 41.5 Å². The highest BCUT2D eigenvalue weighted by molar-refractivity contribution is 7.89. The van der Waals surface area contributed by atoms with E-state index in [0.717, 1.165) is 57.5 Å². The molecule has 1 saturated carbocycles. The minimum atomic E-state index is -3.35. The van der Waals surface area contributed by atoms with E-state index in [1.165, 1.54) is 7.11 Å². The molecule has 0 radical (unpaired) electrons. The number of carbonyl (C=O) groups is 1. The summed E-state index contributed by atoms with van der Waals surface area (Å²) in [5.74, 6) is 0.0996. The first-order chi connectivity index (χ1) is 19.7. The number of aromatic amines is 1. The SMILES string of the molecule is COCCS(=O)(=O)N1CCC2(CC1)CC1(C2)C(=O)N(C)c2cnc3[nH]c(-c4cnn(C)c4)c(-c4ccccc4)c3c21. The Morgan fingerprint density at radius 1 is 1.05 bits per heavy atom. The van der Waals surface area contributed by atoms with Gasteiger partial charge in [0.1, 0.15) is 5.65 Å². The number of hydrogen-bond donors (Lipinski definition) is 1. The van der Waals surface area contributed by atoms with E-state index in [1.54, 1.807) is 13.9 Å². The van der Waals surface area contributed by atoms with Crippen molar-refractivity contribution in [2.45, 2.75) is 31.1 Å². The van der Waals surface area contributed by atoms with Crippen LogP contribution in [0.5, 0.6) is 0 Å². The quantitative estimate of drug-likeness (QED) is 0.376. The standard InChI is InChI=1S/C30H34N6O4S/c1-34-17-21(15-32-34)26-23(20-7-5-4-6-8-20)24-25-22(16-31-27(24)33-26)35(2)28(37)30(25)18-29(19-30)9-11-36(12-10-29)41(38,39)14-13-40-3/h4-8,15-17H,9-14,18-19H2,1-3H3,(H,31,33). The fourth-order valence-corrected chi connectivity index (χ4v) is 8.92. The molecule has 1 N–H and O–H groups in total. The Kier molecular flexibility index (Phi) is 5.94. The summed E-state index contributed by atoms with van der Waals surface area (Å²) in [6.07, 6.45) is 8.57. The smallest absolute Gasteiger partial charge is 0.237 e. The molecule has 4 aromatic rings. The van der Waals surface area contributed by atoms with Crippen LogP contribution in [0.4, 0.5) is 5.69 Å². The van der Waals surface area contributed by atoms with Crippen LogP contribution in [0.2, 0.25) is 0 Å². The number of amides is 1. The van der Waals surface area contributed by atoms with Gasteiger partial charge in [-0.05, 0) is 36.7 Å². The first-order valence-corrected chi connectivity index (χ1v) is 15.6. The Hall–Kier alpha value is -3.54. The van der Waals surface area contributed by atoms with E-state index in [0.29, 0.717) is 25.9 Å². The monoisotopic (exact) mass is 574 g/mol. The maximum Gasteiger partial charge on any atom is 0.237 e. The molecule has 7 rings (SSSR count). The molecule has 11 heteroatoms. The molecule has 3 aromatic heterocycles. The van der Waals surface area contributed by atoms with Crippen LogP contribution < -0.4 is 4.90 Å². The second-order valence-corrected chi connectivity index (χ2v) is 14.0. The van der Waals surface area contributed by atoms with E-state index < -0.39 is 15.4 Å². The Labute approximate surface area is 239 Å². The van der Waals surface area contributed by atoms with Crippen molar-refractivity contribution in [3.8, 4) is 22.4 Å².